The number of aromatic amines is 1. The SMILES string of the molecule is C[C@H](CN)c1c[nH]c2ccc(F)cc12. The number of rotatable bonds is 2. The van der Waals surface area contributed by atoms with Crippen molar-refractivity contribution in [1.29, 1.82) is 0 Å². The Balaban J connectivity index is 2.61. The van der Waals surface area contributed by atoms with Crippen molar-refractivity contribution < 1.29 is 4.39 Å². The highest BCUT2D eigenvalue weighted by Gasteiger charge is 2.09. The number of fused-ring (bicyclic) bond motifs is 1. The number of benzene rings is 1. The number of nitrogens with one attached hydrogen (secondary N) is 1. The maximum atomic E-state index is 13.0. The fourth-order valence-electron chi connectivity index (χ4n) is 1.65. The van der Waals surface area contributed by atoms with Crippen molar-refractivity contribution in [3.05, 3.63) is 35.8 Å². The lowest BCUT2D eigenvalue weighted by molar-refractivity contribution is 0.629. The van der Waals surface area contributed by atoms with Gasteiger partial charge in [-0.05, 0) is 36.2 Å². The van der Waals surface area contributed by atoms with Gasteiger partial charge < -0.3 is 10.7 Å². The minimum atomic E-state index is -0.206. The topological polar surface area (TPSA) is 41.8 Å². The Morgan fingerprint density at radius 1 is 1.50 bits per heavy atom. The molecule has 1 aromatic carbocycles. The lowest BCUT2D eigenvalue weighted by atomic mass is 10.0. The van der Waals surface area contributed by atoms with Crippen molar-refractivity contribution >= 4 is 10.9 Å². The van der Waals surface area contributed by atoms with Crippen molar-refractivity contribution in [3.63, 3.8) is 0 Å². The minimum Gasteiger partial charge on any atom is -0.361 e. The number of nitrogens with two attached hydrogens (primary N) is 1. The molecule has 74 valence electrons. The van der Waals surface area contributed by atoms with Crippen LogP contribution in [0.15, 0.2) is 24.4 Å². The van der Waals surface area contributed by atoms with Crippen LogP contribution in [0.4, 0.5) is 4.39 Å². The Kier molecular flexibility index (Phi) is 2.25. The monoisotopic (exact) mass is 192 g/mol. The fraction of sp³-hybridized carbons (Fsp3) is 0.273. The maximum absolute atomic E-state index is 13.0. The highest BCUT2D eigenvalue weighted by molar-refractivity contribution is 5.83. The molecule has 0 amide bonds. The number of halogens is 1. The molecule has 14 heavy (non-hydrogen) atoms. The van der Waals surface area contributed by atoms with Crippen LogP contribution in [0.25, 0.3) is 10.9 Å². The summed E-state index contributed by atoms with van der Waals surface area (Å²) in [7, 11) is 0. The van der Waals surface area contributed by atoms with Gasteiger partial charge in [0.15, 0.2) is 0 Å². The molecular weight excluding hydrogens is 179 g/mol. The van der Waals surface area contributed by atoms with Gasteiger partial charge >= 0.3 is 0 Å². The molecule has 0 unspecified atom stereocenters. The predicted molar refractivity (Wildman–Crippen MR) is 55.7 cm³/mol. The van der Waals surface area contributed by atoms with Crippen LogP contribution in [-0.2, 0) is 0 Å². The van der Waals surface area contributed by atoms with Gasteiger partial charge in [0, 0.05) is 17.1 Å². The molecule has 0 aliphatic heterocycles. The van der Waals surface area contributed by atoms with Crippen molar-refractivity contribution in [3.8, 4) is 0 Å². The largest absolute Gasteiger partial charge is 0.361 e. The Morgan fingerprint density at radius 3 is 3.00 bits per heavy atom. The molecule has 2 rings (SSSR count). The van der Waals surface area contributed by atoms with E-state index in [0.717, 1.165) is 16.5 Å². The van der Waals surface area contributed by atoms with Gasteiger partial charge in [0.1, 0.15) is 5.82 Å². The highest BCUT2D eigenvalue weighted by atomic mass is 19.1. The quantitative estimate of drug-likeness (QED) is 0.753. The van der Waals surface area contributed by atoms with Crippen LogP contribution in [0.2, 0.25) is 0 Å². The molecule has 0 radical (unpaired) electrons. The molecule has 0 saturated carbocycles. The van der Waals surface area contributed by atoms with Crippen LogP contribution < -0.4 is 5.73 Å². The Labute approximate surface area is 81.9 Å². The normalized spacial score (nSPS) is 13.4. The van der Waals surface area contributed by atoms with Gasteiger partial charge in [-0.15, -0.1) is 0 Å². The fourth-order valence-corrected chi connectivity index (χ4v) is 1.65. The first-order valence-corrected chi connectivity index (χ1v) is 4.69. The summed E-state index contributed by atoms with van der Waals surface area (Å²) in [6, 6.07) is 4.75. The smallest absolute Gasteiger partial charge is 0.123 e. The third-order valence-electron chi connectivity index (χ3n) is 2.56. The second-order valence-electron chi connectivity index (χ2n) is 3.57. The average Bonchev–Trinajstić information content (AvgIpc) is 2.59. The summed E-state index contributed by atoms with van der Waals surface area (Å²) >= 11 is 0. The van der Waals surface area contributed by atoms with Crippen LogP contribution in [0, 0.1) is 5.82 Å². The zero-order valence-electron chi connectivity index (χ0n) is 8.05. The minimum absolute atomic E-state index is 0.206. The molecule has 0 fully saturated rings. The van der Waals surface area contributed by atoms with Crippen LogP contribution in [0.5, 0.6) is 0 Å². The van der Waals surface area contributed by atoms with Crippen LogP contribution in [0.1, 0.15) is 18.4 Å². The zero-order valence-corrected chi connectivity index (χ0v) is 8.05. The van der Waals surface area contributed by atoms with E-state index in [4.69, 9.17) is 5.73 Å². The maximum Gasteiger partial charge on any atom is 0.123 e. The van der Waals surface area contributed by atoms with Gasteiger partial charge in [-0.3, -0.25) is 0 Å². The van der Waals surface area contributed by atoms with Gasteiger partial charge in [-0.2, -0.15) is 0 Å². The van der Waals surface area contributed by atoms with Crippen molar-refractivity contribution in [2.45, 2.75) is 12.8 Å². The molecule has 1 aromatic heterocycles. The number of H-pyrrole nitrogens is 1. The van der Waals surface area contributed by atoms with Gasteiger partial charge in [0.25, 0.3) is 0 Å². The van der Waals surface area contributed by atoms with E-state index < -0.39 is 0 Å². The van der Waals surface area contributed by atoms with E-state index in [0.29, 0.717) is 6.54 Å². The molecule has 1 heterocycles. The van der Waals surface area contributed by atoms with Gasteiger partial charge in [-0.25, -0.2) is 4.39 Å². The Morgan fingerprint density at radius 2 is 2.29 bits per heavy atom. The molecule has 0 bridgehead atoms. The lowest BCUT2D eigenvalue weighted by Crippen LogP contribution is -2.08. The Hall–Kier alpha value is -1.35. The number of aromatic nitrogens is 1. The van der Waals surface area contributed by atoms with Gasteiger partial charge in [-0.1, -0.05) is 6.92 Å². The first-order chi connectivity index (χ1) is 6.72. The summed E-state index contributed by atoms with van der Waals surface area (Å²) in [5.74, 6) is 0.0492. The van der Waals surface area contributed by atoms with E-state index >= 15 is 0 Å². The Bertz CT molecular complexity index is 447. The summed E-state index contributed by atoms with van der Waals surface area (Å²) in [6.07, 6.45) is 1.90. The average molecular weight is 192 g/mol. The van der Waals surface area contributed by atoms with Gasteiger partial charge in [0.2, 0.25) is 0 Å². The molecule has 1 atom stereocenters. The molecule has 0 spiro atoms. The summed E-state index contributed by atoms with van der Waals surface area (Å²) in [5, 5.41) is 0.933. The van der Waals surface area contributed by atoms with E-state index in [2.05, 4.69) is 4.98 Å². The van der Waals surface area contributed by atoms with E-state index in [9.17, 15) is 4.39 Å². The number of hydrogen-bond acceptors (Lipinski definition) is 1. The molecule has 0 saturated heterocycles. The van der Waals surface area contributed by atoms with E-state index in [1.54, 1.807) is 12.1 Å². The molecule has 0 aliphatic carbocycles. The van der Waals surface area contributed by atoms with Crippen LogP contribution in [0.3, 0.4) is 0 Å². The first kappa shape index (κ1) is 9.21. The molecule has 3 N–H and O–H groups in total. The van der Waals surface area contributed by atoms with E-state index in [1.807, 2.05) is 13.1 Å². The van der Waals surface area contributed by atoms with Crippen LogP contribution in [-0.4, -0.2) is 11.5 Å². The zero-order chi connectivity index (χ0) is 10.1. The third-order valence-corrected chi connectivity index (χ3v) is 2.56. The van der Waals surface area contributed by atoms with Gasteiger partial charge in [0.05, 0.1) is 0 Å². The van der Waals surface area contributed by atoms with Crippen molar-refractivity contribution in [2.75, 3.05) is 6.54 Å². The summed E-state index contributed by atoms with van der Waals surface area (Å²) < 4.78 is 13.0. The highest BCUT2D eigenvalue weighted by Crippen LogP contribution is 2.25. The standard InChI is InChI=1S/C11H13FN2/c1-7(5-13)10-6-14-11-3-2-8(12)4-9(10)11/h2-4,6-7,14H,5,13H2,1H3/t7-/m1/s1. The summed E-state index contributed by atoms with van der Waals surface area (Å²) in [4.78, 5) is 3.11. The second kappa shape index (κ2) is 3.42. The molecule has 0 aliphatic rings. The third kappa shape index (κ3) is 1.40. The predicted octanol–water partition coefficient (Wildman–Crippen LogP) is 2.37. The lowest BCUT2D eigenvalue weighted by Gasteiger charge is -2.06. The van der Waals surface area contributed by atoms with E-state index in [-0.39, 0.29) is 11.7 Å². The first-order valence-electron chi connectivity index (χ1n) is 4.69. The van der Waals surface area contributed by atoms with Crippen LogP contribution >= 0.6 is 0 Å². The number of hydrogen-bond donors (Lipinski definition) is 2. The molecular formula is C11H13FN2. The molecule has 2 aromatic rings. The molecule has 3 heteroatoms. The summed E-state index contributed by atoms with van der Waals surface area (Å²) in [5.41, 5.74) is 7.63. The summed E-state index contributed by atoms with van der Waals surface area (Å²) in [6.45, 7) is 2.61. The van der Waals surface area contributed by atoms with E-state index in [1.165, 1.54) is 6.07 Å². The van der Waals surface area contributed by atoms with Crippen molar-refractivity contribution in [2.24, 2.45) is 5.73 Å². The molecule has 2 nitrogen and oxygen atoms in total. The van der Waals surface area contributed by atoms with Crippen molar-refractivity contribution in [1.82, 2.24) is 4.98 Å². The second-order valence-corrected chi connectivity index (χ2v) is 3.57.